The number of carbonyl (C=O) groups excluding carboxylic acids is 1. The van der Waals surface area contributed by atoms with Crippen LogP contribution in [0.2, 0.25) is 0 Å². The molecule has 0 saturated heterocycles. The third kappa shape index (κ3) is 5.04. The molecule has 0 aliphatic heterocycles. The second-order valence-corrected chi connectivity index (χ2v) is 5.62. The number of aliphatic hydroxyl groups is 1. The van der Waals surface area contributed by atoms with Gasteiger partial charge in [0.1, 0.15) is 10.7 Å². The van der Waals surface area contributed by atoms with E-state index in [4.69, 9.17) is 5.73 Å². The molecule has 0 spiro atoms. The van der Waals surface area contributed by atoms with Gasteiger partial charge in [-0.1, -0.05) is 18.3 Å². The molecule has 0 bridgehead atoms. The molecule has 1 aromatic rings. The van der Waals surface area contributed by atoms with Gasteiger partial charge < -0.3 is 21.5 Å². The monoisotopic (exact) mass is 286 g/mol. The Balaban J connectivity index is 2.63. The van der Waals surface area contributed by atoms with Crippen molar-refractivity contribution in [2.45, 2.75) is 45.8 Å². The van der Waals surface area contributed by atoms with Crippen LogP contribution in [0.5, 0.6) is 0 Å². The standard InChI is InChI=1S/C12H22N4O2S/c1-4-5-14-12-16-10(13)9(19-12)11(18)15-7(2)6-8(3)17/h7-8,17H,4-6,13H2,1-3H3,(H,14,16)(H,15,18). The van der Waals surface area contributed by atoms with Gasteiger partial charge in [0.2, 0.25) is 0 Å². The van der Waals surface area contributed by atoms with Crippen molar-refractivity contribution in [1.29, 1.82) is 0 Å². The molecule has 2 atom stereocenters. The first-order valence-electron chi connectivity index (χ1n) is 6.43. The fourth-order valence-electron chi connectivity index (χ4n) is 1.66. The maximum atomic E-state index is 12.0. The summed E-state index contributed by atoms with van der Waals surface area (Å²) < 4.78 is 0. The topological polar surface area (TPSA) is 100 Å². The first-order valence-corrected chi connectivity index (χ1v) is 7.24. The average molecular weight is 286 g/mol. The summed E-state index contributed by atoms with van der Waals surface area (Å²) in [5, 5.41) is 15.8. The van der Waals surface area contributed by atoms with Gasteiger partial charge in [-0.15, -0.1) is 0 Å². The number of aliphatic hydroxyl groups excluding tert-OH is 1. The number of nitrogens with two attached hydrogens (primary N) is 1. The second kappa shape index (κ2) is 7.30. The van der Waals surface area contributed by atoms with Crippen LogP contribution in [-0.2, 0) is 0 Å². The zero-order valence-electron chi connectivity index (χ0n) is 11.6. The minimum atomic E-state index is -0.448. The van der Waals surface area contributed by atoms with Gasteiger partial charge in [0.25, 0.3) is 5.91 Å². The zero-order valence-corrected chi connectivity index (χ0v) is 12.4. The van der Waals surface area contributed by atoms with Crippen molar-refractivity contribution in [1.82, 2.24) is 10.3 Å². The van der Waals surface area contributed by atoms with Crippen molar-refractivity contribution in [2.75, 3.05) is 17.6 Å². The van der Waals surface area contributed by atoms with Gasteiger partial charge in [-0.25, -0.2) is 4.98 Å². The lowest BCUT2D eigenvalue weighted by Crippen LogP contribution is -2.34. The Kier molecular flexibility index (Phi) is 6.04. The number of amides is 1. The number of hydrogen-bond donors (Lipinski definition) is 4. The number of carbonyl (C=O) groups is 1. The molecule has 19 heavy (non-hydrogen) atoms. The molecule has 0 saturated carbocycles. The Morgan fingerprint density at radius 1 is 1.53 bits per heavy atom. The van der Waals surface area contributed by atoms with Crippen molar-refractivity contribution in [3.8, 4) is 0 Å². The molecular formula is C12H22N4O2S. The Morgan fingerprint density at radius 2 is 2.21 bits per heavy atom. The Bertz CT molecular complexity index is 420. The number of nitrogens with zero attached hydrogens (tertiary/aromatic N) is 1. The highest BCUT2D eigenvalue weighted by molar-refractivity contribution is 7.18. The van der Waals surface area contributed by atoms with Crippen LogP contribution in [0.15, 0.2) is 0 Å². The summed E-state index contributed by atoms with van der Waals surface area (Å²) >= 11 is 1.25. The Morgan fingerprint density at radius 3 is 2.79 bits per heavy atom. The minimum Gasteiger partial charge on any atom is -0.393 e. The Hall–Kier alpha value is -1.34. The molecule has 0 aromatic carbocycles. The smallest absolute Gasteiger partial charge is 0.265 e. The second-order valence-electron chi connectivity index (χ2n) is 4.62. The fourth-order valence-corrected chi connectivity index (χ4v) is 2.48. The number of aromatic nitrogens is 1. The van der Waals surface area contributed by atoms with Gasteiger partial charge >= 0.3 is 0 Å². The number of rotatable bonds is 7. The molecule has 0 aliphatic rings. The summed E-state index contributed by atoms with van der Waals surface area (Å²) in [6.07, 6.45) is 1.04. The van der Waals surface area contributed by atoms with Crippen molar-refractivity contribution in [3.63, 3.8) is 0 Å². The largest absolute Gasteiger partial charge is 0.393 e. The third-order valence-electron chi connectivity index (χ3n) is 2.46. The van der Waals surface area contributed by atoms with E-state index < -0.39 is 6.10 Å². The minimum absolute atomic E-state index is 0.110. The maximum Gasteiger partial charge on any atom is 0.265 e. The van der Waals surface area contributed by atoms with Gasteiger partial charge in [-0.3, -0.25) is 4.79 Å². The van der Waals surface area contributed by atoms with Gasteiger partial charge in [-0.05, 0) is 26.7 Å². The molecule has 5 N–H and O–H groups in total. The van der Waals surface area contributed by atoms with Crippen molar-refractivity contribution in [3.05, 3.63) is 4.88 Å². The van der Waals surface area contributed by atoms with Crippen LogP contribution in [0, 0.1) is 0 Å². The predicted molar refractivity (Wildman–Crippen MR) is 78.5 cm³/mol. The quantitative estimate of drug-likeness (QED) is 0.607. The predicted octanol–water partition coefficient (Wildman–Crippen LogP) is 1.44. The molecule has 1 amide bonds. The van der Waals surface area contributed by atoms with E-state index >= 15 is 0 Å². The average Bonchev–Trinajstić information content (AvgIpc) is 2.66. The lowest BCUT2D eigenvalue weighted by atomic mass is 10.1. The fraction of sp³-hybridized carbons (Fsp3) is 0.667. The van der Waals surface area contributed by atoms with Gasteiger partial charge in [0.05, 0.1) is 6.10 Å². The van der Waals surface area contributed by atoms with E-state index in [0.717, 1.165) is 13.0 Å². The van der Waals surface area contributed by atoms with E-state index in [1.807, 2.05) is 6.92 Å². The number of anilines is 2. The number of thiazole rings is 1. The molecule has 1 heterocycles. The van der Waals surface area contributed by atoms with Crippen molar-refractivity contribution in [2.24, 2.45) is 0 Å². The van der Waals surface area contributed by atoms with Crippen LogP contribution in [0.3, 0.4) is 0 Å². The van der Waals surface area contributed by atoms with Crippen LogP contribution < -0.4 is 16.4 Å². The molecule has 2 unspecified atom stereocenters. The van der Waals surface area contributed by atoms with E-state index in [-0.39, 0.29) is 17.8 Å². The molecule has 1 rings (SSSR count). The molecule has 0 fully saturated rings. The molecule has 6 nitrogen and oxygen atoms in total. The molecular weight excluding hydrogens is 264 g/mol. The van der Waals surface area contributed by atoms with Crippen molar-refractivity contribution >= 4 is 28.2 Å². The van der Waals surface area contributed by atoms with Gasteiger partial charge in [0, 0.05) is 12.6 Å². The molecule has 7 heteroatoms. The van der Waals surface area contributed by atoms with Crippen LogP contribution >= 0.6 is 11.3 Å². The summed E-state index contributed by atoms with van der Waals surface area (Å²) in [7, 11) is 0. The van der Waals surface area contributed by atoms with Crippen LogP contribution in [-0.4, -0.2) is 34.7 Å². The summed E-state index contributed by atoms with van der Waals surface area (Å²) in [6.45, 7) is 6.39. The lowest BCUT2D eigenvalue weighted by molar-refractivity contribution is 0.0928. The van der Waals surface area contributed by atoms with Gasteiger partial charge in [-0.2, -0.15) is 0 Å². The summed E-state index contributed by atoms with van der Waals surface area (Å²) in [5.41, 5.74) is 5.74. The highest BCUT2D eigenvalue weighted by Gasteiger charge is 2.18. The molecule has 1 aromatic heterocycles. The molecule has 0 aliphatic carbocycles. The Labute approximate surface area is 117 Å². The number of nitrogen functional groups attached to an aromatic ring is 1. The summed E-state index contributed by atoms with van der Waals surface area (Å²) in [6, 6.07) is -0.110. The van der Waals surface area contributed by atoms with E-state index in [1.165, 1.54) is 11.3 Å². The molecule has 0 radical (unpaired) electrons. The first kappa shape index (κ1) is 15.7. The zero-order chi connectivity index (χ0) is 14.4. The van der Waals surface area contributed by atoms with E-state index in [0.29, 0.717) is 16.4 Å². The lowest BCUT2D eigenvalue weighted by Gasteiger charge is -2.14. The summed E-state index contributed by atoms with van der Waals surface area (Å²) in [5.74, 6) is -0.00181. The first-order chi connectivity index (χ1) is 8.93. The molecule has 108 valence electrons. The maximum absolute atomic E-state index is 12.0. The highest BCUT2D eigenvalue weighted by Crippen LogP contribution is 2.24. The number of nitrogens with one attached hydrogen (secondary N) is 2. The van der Waals surface area contributed by atoms with Crippen molar-refractivity contribution < 1.29 is 9.90 Å². The third-order valence-corrected chi connectivity index (χ3v) is 3.49. The van der Waals surface area contributed by atoms with Crippen LogP contribution in [0.25, 0.3) is 0 Å². The number of hydrogen-bond acceptors (Lipinski definition) is 6. The van der Waals surface area contributed by atoms with Gasteiger partial charge in [0.15, 0.2) is 5.13 Å². The highest BCUT2D eigenvalue weighted by atomic mass is 32.1. The van der Waals surface area contributed by atoms with E-state index in [2.05, 4.69) is 22.5 Å². The SMILES string of the molecule is CCCNc1nc(N)c(C(=O)NC(C)CC(C)O)s1. The normalized spacial score (nSPS) is 13.9. The van der Waals surface area contributed by atoms with Crippen LogP contribution in [0.4, 0.5) is 10.9 Å². The van der Waals surface area contributed by atoms with E-state index in [9.17, 15) is 9.90 Å². The van der Waals surface area contributed by atoms with E-state index in [1.54, 1.807) is 6.92 Å². The van der Waals surface area contributed by atoms with Crippen LogP contribution in [0.1, 0.15) is 43.3 Å². The summed E-state index contributed by atoms with van der Waals surface area (Å²) in [4.78, 5) is 16.5.